The minimum absolute atomic E-state index is 0.553. The van der Waals surface area contributed by atoms with Crippen LogP contribution in [0.25, 0.3) is 0 Å². The summed E-state index contributed by atoms with van der Waals surface area (Å²) in [5.74, 6) is 0. The summed E-state index contributed by atoms with van der Waals surface area (Å²) >= 11 is 0. The van der Waals surface area contributed by atoms with Crippen molar-refractivity contribution in [3.8, 4) is 6.07 Å². The minimum Gasteiger partial charge on any atom is -0.198 e. The van der Waals surface area contributed by atoms with Crippen molar-refractivity contribution in [2.45, 2.75) is 19.3 Å². The molecule has 1 heteroatoms. The van der Waals surface area contributed by atoms with Crippen molar-refractivity contribution >= 4 is 0 Å². The van der Waals surface area contributed by atoms with Gasteiger partial charge in [-0.2, -0.15) is 5.26 Å². The second-order valence-corrected chi connectivity index (χ2v) is 3.06. The van der Waals surface area contributed by atoms with Crippen LogP contribution in [0.2, 0.25) is 0 Å². The summed E-state index contributed by atoms with van der Waals surface area (Å²) < 4.78 is 0. The van der Waals surface area contributed by atoms with Crippen LogP contribution in [0.15, 0.2) is 18.2 Å². The fraction of sp³-hybridized carbons (Fsp3) is 0.273. The molecule has 1 nitrogen and oxygen atoms in total. The third kappa shape index (κ3) is 1.10. The Morgan fingerprint density at radius 1 is 1.42 bits per heavy atom. The van der Waals surface area contributed by atoms with Crippen LogP contribution in [0.5, 0.6) is 0 Å². The maximum Gasteiger partial charge on any atom is 0.0669 e. The van der Waals surface area contributed by atoms with E-state index in [0.29, 0.717) is 6.42 Å². The lowest BCUT2D eigenvalue weighted by molar-refractivity contribution is 1.01. The molecule has 0 aromatic heterocycles. The lowest BCUT2D eigenvalue weighted by Crippen LogP contribution is -1.90. The van der Waals surface area contributed by atoms with E-state index in [0.717, 1.165) is 12.8 Å². The molecule has 0 aliphatic heterocycles. The van der Waals surface area contributed by atoms with Crippen LogP contribution in [0.4, 0.5) is 0 Å². The summed E-state index contributed by atoms with van der Waals surface area (Å²) in [7, 11) is 0. The molecule has 1 aromatic rings. The highest BCUT2D eigenvalue weighted by Crippen LogP contribution is 2.26. The molecule has 0 heterocycles. The fourth-order valence-electron chi connectivity index (χ4n) is 1.77. The van der Waals surface area contributed by atoms with Gasteiger partial charge in [0.05, 0.1) is 12.5 Å². The maximum atomic E-state index is 8.59. The first-order valence-electron chi connectivity index (χ1n) is 4.23. The predicted molar refractivity (Wildman–Crippen MR) is 47.5 cm³/mol. The van der Waals surface area contributed by atoms with Crippen molar-refractivity contribution in [1.82, 2.24) is 0 Å². The van der Waals surface area contributed by atoms with Crippen molar-refractivity contribution < 1.29 is 0 Å². The van der Waals surface area contributed by atoms with Crippen molar-refractivity contribution in [3.05, 3.63) is 41.3 Å². The molecule has 0 unspecified atom stereocenters. The molecule has 1 aliphatic rings. The zero-order valence-electron chi connectivity index (χ0n) is 6.88. The van der Waals surface area contributed by atoms with Crippen LogP contribution in [0.3, 0.4) is 0 Å². The molecule has 1 radical (unpaired) electrons. The van der Waals surface area contributed by atoms with Gasteiger partial charge >= 0.3 is 0 Å². The fourth-order valence-corrected chi connectivity index (χ4v) is 1.77. The van der Waals surface area contributed by atoms with Crippen LogP contribution in [-0.2, 0) is 12.8 Å². The average Bonchev–Trinajstić information content (AvgIpc) is 2.53. The number of fused-ring (bicyclic) bond motifs is 1. The molecule has 0 spiro atoms. The summed E-state index contributed by atoms with van der Waals surface area (Å²) in [6.45, 7) is 0. The number of rotatable bonds is 1. The van der Waals surface area contributed by atoms with Gasteiger partial charge < -0.3 is 0 Å². The smallest absolute Gasteiger partial charge is 0.0669 e. The standard InChI is InChI=1S/C11H10N/c12-8-7-10-4-1-3-9-5-2-6-11(9)10/h1,3-5H,2,6-7H2. The van der Waals surface area contributed by atoms with Crippen LogP contribution in [0.1, 0.15) is 23.1 Å². The molecule has 1 aromatic carbocycles. The van der Waals surface area contributed by atoms with E-state index in [-0.39, 0.29) is 0 Å². The van der Waals surface area contributed by atoms with Crippen molar-refractivity contribution in [3.63, 3.8) is 0 Å². The maximum absolute atomic E-state index is 8.59. The van der Waals surface area contributed by atoms with Gasteiger partial charge in [0.1, 0.15) is 0 Å². The van der Waals surface area contributed by atoms with Crippen LogP contribution in [0, 0.1) is 17.8 Å². The van der Waals surface area contributed by atoms with E-state index < -0.39 is 0 Å². The average molecular weight is 156 g/mol. The van der Waals surface area contributed by atoms with E-state index in [1.165, 1.54) is 16.7 Å². The largest absolute Gasteiger partial charge is 0.198 e. The Labute approximate surface area is 72.6 Å². The second kappa shape index (κ2) is 2.98. The van der Waals surface area contributed by atoms with Gasteiger partial charge in [0, 0.05) is 0 Å². The SMILES string of the molecule is N#CCc1cccc2c1CC[CH]2. The molecule has 0 saturated carbocycles. The summed E-state index contributed by atoms with van der Waals surface area (Å²) in [5.41, 5.74) is 3.94. The highest BCUT2D eigenvalue weighted by atomic mass is 14.2. The Morgan fingerprint density at radius 3 is 3.17 bits per heavy atom. The van der Waals surface area contributed by atoms with Crippen LogP contribution >= 0.6 is 0 Å². The molecule has 1 aliphatic carbocycles. The van der Waals surface area contributed by atoms with E-state index in [9.17, 15) is 0 Å². The number of hydrogen-bond acceptors (Lipinski definition) is 1. The first-order valence-corrected chi connectivity index (χ1v) is 4.23. The van der Waals surface area contributed by atoms with E-state index >= 15 is 0 Å². The molecular formula is C11H10N. The molecule has 0 saturated heterocycles. The zero-order valence-corrected chi connectivity index (χ0v) is 6.88. The lowest BCUT2D eigenvalue weighted by atomic mass is 10.0. The first kappa shape index (κ1) is 7.36. The molecule has 0 atom stereocenters. The van der Waals surface area contributed by atoms with E-state index in [2.05, 4.69) is 24.6 Å². The predicted octanol–water partition coefficient (Wildman–Crippen LogP) is 2.25. The van der Waals surface area contributed by atoms with Gasteiger partial charge in [-0.1, -0.05) is 18.2 Å². The van der Waals surface area contributed by atoms with E-state index in [1.54, 1.807) is 0 Å². The van der Waals surface area contributed by atoms with E-state index in [1.807, 2.05) is 6.07 Å². The topological polar surface area (TPSA) is 23.8 Å². The van der Waals surface area contributed by atoms with Gasteiger partial charge in [-0.05, 0) is 36.0 Å². The van der Waals surface area contributed by atoms with Crippen molar-refractivity contribution in [2.24, 2.45) is 0 Å². The van der Waals surface area contributed by atoms with Gasteiger partial charge in [-0.25, -0.2) is 0 Å². The number of nitrogens with zero attached hydrogens (tertiary/aromatic N) is 1. The molecule has 0 amide bonds. The summed E-state index contributed by atoms with van der Waals surface area (Å²) in [5, 5.41) is 8.59. The van der Waals surface area contributed by atoms with Gasteiger partial charge in [-0.3, -0.25) is 0 Å². The summed E-state index contributed by atoms with van der Waals surface area (Å²) in [6.07, 6.45) is 5.05. The second-order valence-electron chi connectivity index (χ2n) is 3.06. The van der Waals surface area contributed by atoms with Gasteiger partial charge in [0.25, 0.3) is 0 Å². The molecule has 12 heavy (non-hydrogen) atoms. The first-order chi connectivity index (χ1) is 5.92. The Hall–Kier alpha value is -1.29. The van der Waals surface area contributed by atoms with Gasteiger partial charge in [-0.15, -0.1) is 0 Å². The van der Waals surface area contributed by atoms with Gasteiger partial charge in [0.15, 0.2) is 0 Å². The van der Waals surface area contributed by atoms with Crippen LogP contribution in [-0.4, -0.2) is 0 Å². The summed E-state index contributed by atoms with van der Waals surface area (Å²) in [4.78, 5) is 0. The zero-order chi connectivity index (χ0) is 8.39. The highest BCUT2D eigenvalue weighted by molar-refractivity contribution is 5.44. The Balaban J connectivity index is 2.44. The molecule has 2 rings (SSSR count). The number of nitriles is 1. The Bertz CT molecular complexity index is 333. The van der Waals surface area contributed by atoms with Crippen molar-refractivity contribution in [2.75, 3.05) is 0 Å². The number of hydrogen-bond donors (Lipinski definition) is 0. The molecule has 59 valence electrons. The Kier molecular flexibility index (Phi) is 1.83. The molecule has 0 fully saturated rings. The quantitative estimate of drug-likeness (QED) is 0.611. The highest BCUT2D eigenvalue weighted by Gasteiger charge is 2.13. The Morgan fingerprint density at radius 2 is 2.33 bits per heavy atom. The third-order valence-corrected chi connectivity index (χ3v) is 2.34. The van der Waals surface area contributed by atoms with Crippen LogP contribution < -0.4 is 0 Å². The molecule has 0 bridgehead atoms. The number of benzene rings is 1. The molecule has 0 N–H and O–H groups in total. The van der Waals surface area contributed by atoms with Crippen molar-refractivity contribution in [1.29, 1.82) is 5.26 Å². The molecular weight excluding hydrogens is 146 g/mol. The normalized spacial score (nSPS) is 13.9. The summed E-state index contributed by atoms with van der Waals surface area (Å²) in [6, 6.07) is 8.42. The van der Waals surface area contributed by atoms with Gasteiger partial charge in [0.2, 0.25) is 0 Å². The monoisotopic (exact) mass is 156 g/mol. The minimum atomic E-state index is 0.553. The lowest BCUT2D eigenvalue weighted by Gasteiger charge is -2.03. The van der Waals surface area contributed by atoms with E-state index in [4.69, 9.17) is 5.26 Å². The third-order valence-electron chi connectivity index (χ3n) is 2.34.